The van der Waals surface area contributed by atoms with E-state index in [9.17, 15) is 0 Å². The predicted octanol–water partition coefficient (Wildman–Crippen LogP) is 3.50. The van der Waals surface area contributed by atoms with E-state index in [2.05, 4.69) is 66.0 Å². The van der Waals surface area contributed by atoms with Crippen molar-refractivity contribution >= 4 is 0 Å². The Kier molecular flexibility index (Phi) is 2.93. The smallest absolute Gasteiger partial charge is 0.0390 e. The molecule has 2 aromatic rings. The van der Waals surface area contributed by atoms with Gasteiger partial charge in [-0.2, -0.15) is 0 Å². The van der Waals surface area contributed by atoms with Gasteiger partial charge in [-0.25, -0.2) is 0 Å². The number of hydrogen-bond acceptors (Lipinski definition) is 1. The number of rotatable bonds is 2. The van der Waals surface area contributed by atoms with Crippen LogP contribution < -0.4 is 5.32 Å². The van der Waals surface area contributed by atoms with Crippen LogP contribution in [-0.2, 0) is 0 Å². The monoisotopic (exact) mass is 223 g/mol. The van der Waals surface area contributed by atoms with Gasteiger partial charge in [0, 0.05) is 12.0 Å². The Morgan fingerprint density at radius 2 is 1.35 bits per heavy atom. The summed E-state index contributed by atoms with van der Waals surface area (Å²) in [5.74, 6) is 0.610. The molecule has 86 valence electrons. The minimum atomic E-state index is 0.471. The molecule has 1 fully saturated rings. The summed E-state index contributed by atoms with van der Waals surface area (Å²) in [7, 11) is 0. The number of nitrogens with one attached hydrogen (secondary N) is 1. The van der Waals surface area contributed by atoms with Crippen molar-refractivity contribution in [2.24, 2.45) is 0 Å². The fourth-order valence-electron chi connectivity index (χ4n) is 2.77. The van der Waals surface area contributed by atoms with Crippen molar-refractivity contribution in [2.75, 3.05) is 6.54 Å². The first-order valence-corrected chi connectivity index (χ1v) is 6.28. The molecule has 3 rings (SSSR count). The molecule has 0 aliphatic carbocycles. The van der Waals surface area contributed by atoms with Crippen molar-refractivity contribution in [1.29, 1.82) is 0 Å². The minimum Gasteiger partial charge on any atom is -0.309 e. The molecule has 0 amide bonds. The van der Waals surface area contributed by atoms with Crippen LogP contribution in [0.15, 0.2) is 60.7 Å². The molecule has 2 aromatic carbocycles. The highest BCUT2D eigenvalue weighted by atomic mass is 15.0. The van der Waals surface area contributed by atoms with E-state index in [1.807, 2.05) is 0 Å². The molecular weight excluding hydrogens is 206 g/mol. The van der Waals surface area contributed by atoms with Crippen molar-refractivity contribution in [3.63, 3.8) is 0 Å². The van der Waals surface area contributed by atoms with Crippen molar-refractivity contribution in [2.45, 2.75) is 18.4 Å². The summed E-state index contributed by atoms with van der Waals surface area (Å²) in [5, 5.41) is 3.62. The Morgan fingerprint density at radius 3 is 2.00 bits per heavy atom. The van der Waals surface area contributed by atoms with Crippen molar-refractivity contribution in [3.05, 3.63) is 71.8 Å². The zero-order chi connectivity index (χ0) is 11.5. The molecule has 1 N–H and O–H groups in total. The van der Waals surface area contributed by atoms with Gasteiger partial charge in [-0.05, 0) is 24.1 Å². The molecule has 0 bridgehead atoms. The maximum Gasteiger partial charge on any atom is 0.0390 e. The standard InChI is InChI=1S/C16H17N/c1-3-7-13(8-4-1)15-11-12-17-16(15)14-9-5-2-6-10-14/h1-10,15-17H,11-12H2/t15-,16-/m1/s1. The van der Waals surface area contributed by atoms with Gasteiger partial charge in [0.15, 0.2) is 0 Å². The first-order chi connectivity index (χ1) is 8.45. The van der Waals surface area contributed by atoms with Crippen LogP contribution in [0.5, 0.6) is 0 Å². The summed E-state index contributed by atoms with van der Waals surface area (Å²) in [6.07, 6.45) is 1.23. The van der Waals surface area contributed by atoms with Crippen LogP contribution in [0.4, 0.5) is 0 Å². The van der Waals surface area contributed by atoms with Crippen molar-refractivity contribution in [1.82, 2.24) is 5.32 Å². The third-order valence-electron chi connectivity index (χ3n) is 3.61. The van der Waals surface area contributed by atoms with E-state index in [0.717, 1.165) is 6.54 Å². The molecule has 0 radical (unpaired) electrons. The predicted molar refractivity (Wildman–Crippen MR) is 71.0 cm³/mol. The van der Waals surface area contributed by atoms with Crippen LogP contribution >= 0.6 is 0 Å². The average Bonchev–Trinajstić information content (AvgIpc) is 2.90. The summed E-state index contributed by atoms with van der Waals surface area (Å²) in [5.41, 5.74) is 2.85. The summed E-state index contributed by atoms with van der Waals surface area (Å²) in [6, 6.07) is 22.1. The normalized spacial score (nSPS) is 23.8. The first-order valence-electron chi connectivity index (χ1n) is 6.28. The highest BCUT2D eigenvalue weighted by Crippen LogP contribution is 2.37. The molecule has 1 aliphatic heterocycles. The molecular formula is C16H17N. The van der Waals surface area contributed by atoms with Crippen molar-refractivity contribution < 1.29 is 0 Å². The van der Waals surface area contributed by atoms with Crippen LogP contribution in [0.25, 0.3) is 0 Å². The number of benzene rings is 2. The van der Waals surface area contributed by atoms with E-state index in [4.69, 9.17) is 0 Å². The second-order valence-corrected chi connectivity index (χ2v) is 4.65. The van der Waals surface area contributed by atoms with Gasteiger partial charge in [-0.15, -0.1) is 0 Å². The highest BCUT2D eigenvalue weighted by Gasteiger charge is 2.28. The molecule has 0 saturated carbocycles. The van der Waals surface area contributed by atoms with Gasteiger partial charge < -0.3 is 5.32 Å². The quantitative estimate of drug-likeness (QED) is 0.821. The van der Waals surface area contributed by atoms with E-state index in [-0.39, 0.29) is 0 Å². The van der Waals surface area contributed by atoms with Gasteiger partial charge in [0.05, 0.1) is 0 Å². The van der Waals surface area contributed by atoms with Gasteiger partial charge in [-0.3, -0.25) is 0 Å². The Labute approximate surface area is 102 Å². The fraction of sp³-hybridized carbons (Fsp3) is 0.250. The molecule has 1 nitrogen and oxygen atoms in total. The van der Waals surface area contributed by atoms with E-state index in [0.29, 0.717) is 12.0 Å². The second-order valence-electron chi connectivity index (χ2n) is 4.65. The van der Waals surface area contributed by atoms with Crippen LogP contribution in [-0.4, -0.2) is 6.54 Å². The third-order valence-corrected chi connectivity index (χ3v) is 3.61. The van der Waals surface area contributed by atoms with Crippen LogP contribution in [0.3, 0.4) is 0 Å². The van der Waals surface area contributed by atoms with Crippen LogP contribution in [0.2, 0.25) is 0 Å². The molecule has 17 heavy (non-hydrogen) atoms. The van der Waals surface area contributed by atoms with Gasteiger partial charge in [0.1, 0.15) is 0 Å². The first kappa shape index (κ1) is 10.5. The SMILES string of the molecule is c1ccc([C@H]2CCN[C@@H]2c2ccccc2)cc1. The Morgan fingerprint density at radius 1 is 0.765 bits per heavy atom. The largest absolute Gasteiger partial charge is 0.309 e. The second kappa shape index (κ2) is 4.72. The van der Waals surface area contributed by atoms with E-state index >= 15 is 0 Å². The summed E-state index contributed by atoms with van der Waals surface area (Å²) >= 11 is 0. The summed E-state index contributed by atoms with van der Waals surface area (Å²) in [4.78, 5) is 0. The van der Waals surface area contributed by atoms with Gasteiger partial charge in [0.25, 0.3) is 0 Å². The minimum absolute atomic E-state index is 0.471. The maximum atomic E-state index is 3.62. The summed E-state index contributed by atoms with van der Waals surface area (Å²) in [6.45, 7) is 1.11. The topological polar surface area (TPSA) is 12.0 Å². The lowest BCUT2D eigenvalue weighted by atomic mass is 9.88. The highest BCUT2D eigenvalue weighted by molar-refractivity contribution is 5.29. The van der Waals surface area contributed by atoms with E-state index < -0.39 is 0 Å². The molecule has 2 atom stereocenters. The molecule has 0 aromatic heterocycles. The molecule has 1 heterocycles. The van der Waals surface area contributed by atoms with Gasteiger partial charge in [0.2, 0.25) is 0 Å². The van der Waals surface area contributed by atoms with Crippen LogP contribution in [0, 0.1) is 0 Å². The Balaban J connectivity index is 1.91. The van der Waals surface area contributed by atoms with Gasteiger partial charge in [-0.1, -0.05) is 60.7 Å². The zero-order valence-corrected chi connectivity index (χ0v) is 9.84. The fourth-order valence-corrected chi connectivity index (χ4v) is 2.77. The van der Waals surface area contributed by atoms with E-state index in [1.165, 1.54) is 17.5 Å². The Hall–Kier alpha value is -1.60. The molecule has 1 aliphatic rings. The lowest BCUT2D eigenvalue weighted by Gasteiger charge is -2.20. The van der Waals surface area contributed by atoms with Crippen LogP contribution in [0.1, 0.15) is 29.5 Å². The van der Waals surface area contributed by atoms with Gasteiger partial charge >= 0.3 is 0 Å². The Bertz CT molecular complexity index is 418. The zero-order valence-electron chi connectivity index (χ0n) is 9.84. The molecule has 1 heteroatoms. The maximum absolute atomic E-state index is 3.62. The average molecular weight is 223 g/mol. The third kappa shape index (κ3) is 2.11. The molecule has 1 saturated heterocycles. The lowest BCUT2D eigenvalue weighted by Crippen LogP contribution is -2.16. The van der Waals surface area contributed by atoms with E-state index in [1.54, 1.807) is 0 Å². The molecule has 0 spiro atoms. The summed E-state index contributed by atoms with van der Waals surface area (Å²) < 4.78 is 0. The molecule has 0 unspecified atom stereocenters. The van der Waals surface area contributed by atoms with Crippen molar-refractivity contribution in [3.8, 4) is 0 Å². The lowest BCUT2D eigenvalue weighted by molar-refractivity contribution is 0.578. The number of hydrogen-bond donors (Lipinski definition) is 1.